The van der Waals surface area contributed by atoms with Crippen molar-refractivity contribution < 1.29 is 4.79 Å². The Morgan fingerprint density at radius 3 is 2.75 bits per heavy atom. The first-order chi connectivity index (χ1) is 11.7. The highest BCUT2D eigenvalue weighted by molar-refractivity contribution is 5.91. The van der Waals surface area contributed by atoms with Crippen molar-refractivity contribution in [2.24, 2.45) is 22.9 Å². The van der Waals surface area contributed by atoms with E-state index in [0.29, 0.717) is 12.3 Å². The molecule has 4 rings (SSSR count). The molecule has 1 amide bonds. The lowest BCUT2D eigenvalue weighted by Gasteiger charge is -2.21. The van der Waals surface area contributed by atoms with Crippen LogP contribution in [0.25, 0.3) is 10.8 Å². The Kier molecular flexibility index (Phi) is 4.09. The molecule has 2 aliphatic carbocycles. The standard InChI is InChI=1S/C21H24N2O/c1-14(20-12-15-9-10-18(20)11-15)22-23-21(24)13-17-7-4-6-16-5-2-3-8-19(16)17/h2-8,15,18,20H,9-13H2,1H3,(H,23,24)/b22-14-/t15-,18-,20-/m0/s1. The molecule has 0 heterocycles. The van der Waals surface area contributed by atoms with E-state index in [4.69, 9.17) is 0 Å². The third-order valence-corrected chi connectivity index (χ3v) is 5.86. The van der Waals surface area contributed by atoms with Gasteiger partial charge in [-0.05, 0) is 54.4 Å². The maximum Gasteiger partial charge on any atom is 0.244 e. The highest BCUT2D eigenvalue weighted by Crippen LogP contribution is 2.48. The van der Waals surface area contributed by atoms with Crippen molar-refractivity contribution in [1.82, 2.24) is 5.43 Å². The third kappa shape index (κ3) is 2.95. The van der Waals surface area contributed by atoms with Crippen LogP contribution in [0, 0.1) is 17.8 Å². The quantitative estimate of drug-likeness (QED) is 0.662. The molecule has 0 radical (unpaired) electrons. The smallest absolute Gasteiger partial charge is 0.244 e. The van der Waals surface area contributed by atoms with Crippen LogP contribution in [0.3, 0.4) is 0 Å². The Balaban J connectivity index is 1.42. The Morgan fingerprint density at radius 1 is 1.12 bits per heavy atom. The van der Waals surface area contributed by atoms with Gasteiger partial charge < -0.3 is 0 Å². The Morgan fingerprint density at radius 2 is 1.96 bits per heavy atom. The van der Waals surface area contributed by atoms with Crippen LogP contribution in [0.15, 0.2) is 47.6 Å². The molecule has 3 heteroatoms. The van der Waals surface area contributed by atoms with Gasteiger partial charge >= 0.3 is 0 Å². The highest BCUT2D eigenvalue weighted by atomic mass is 16.2. The number of carbonyl (C=O) groups excluding carboxylic acids is 1. The molecule has 0 spiro atoms. The Labute approximate surface area is 143 Å². The average Bonchev–Trinajstić information content (AvgIpc) is 3.23. The summed E-state index contributed by atoms with van der Waals surface area (Å²) in [5.74, 6) is 2.25. The van der Waals surface area contributed by atoms with Gasteiger partial charge in [-0.25, -0.2) is 5.43 Å². The van der Waals surface area contributed by atoms with Crippen LogP contribution in [0.5, 0.6) is 0 Å². The van der Waals surface area contributed by atoms with E-state index >= 15 is 0 Å². The van der Waals surface area contributed by atoms with E-state index < -0.39 is 0 Å². The lowest BCUT2D eigenvalue weighted by Crippen LogP contribution is -2.25. The number of nitrogens with one attached hydrogen (secondary N) is 1. The largest absolute Gasteiger partial charge is 0.273 e. The first kappa shape index (κ1) is 15.4. The zero-order chi connectivity index (χ0) is 16.5. The van der Waals surface area contributed by atoms with E-state index in [2.05, 4.69) is 35.7 Å². The molecule has 2 fully saturated rings. The zero-order valence-electron chi connectivity index (χ0n) is 14.2. The summed E-state index contributed by atoms with van der Waals surface area (Å²) in [7, 11) is 0. The predicted octanol–water partition coefficient (Wildman–Crippen LogP) is 4.31. The molecule has 124 valence electrons. The summed E-state index contributed by atoms with van der Waals surface area (Å²) in [4.78, 5) is 12.3. The molecule has 0 aliphatic heterocycles. The third-order valence-electron chi connectivity index (χ3n) is 5.86. The van der Waals surface area contributed by atoms with E-state index in [-0.39, 0.29) is 5.91 Å². The van der Waals surface area contributed by atoms with Crippen molar-refractivity contribution in [1.29, 1.82) is 0 Å². The molecule has 0 saturated heterocycles. The fourth-order valence-electron chi connectivity index (χ4n) is 4.65. The SMILES string of the molecule is C/C(=N/NC(=O)Cc1cccc2ccccc12)[C@@H]1C[C@H]2CC[C@H]1C2. The van der Waals surface area contributed by atoms with E-state index in [0.717, 1.165) is 28.5 Å². The number of hydrogen-bond acceptors (Lipinski definition) is 2. The molecular formula is C21H24N2O. The van der Waals surface area contributed by atoms with Gasteiger partial charge in [0.1, 0.15) is 0 Å². The molecule has 24 heavy (non-hydrogen) atoms. The molecule has 2 saturated carbocycles. The second kappa shape index (κ2) is 6.39. The average molecular weight is 320 g/mol. The summed E-state index contributed by atoms with van der Waals surface area (Å²) < 4.78 is 0. The van der Waals surface area contributed by atoms with Crippen molar-refractivity contribution in [2.45, 2.75) is 39.0 Å². The summed E-state index contributed by atoms with van der Waals surface area (Å²) >= 11 is 0. The number of hydrogen-bond donors (Lipinski definition) is 1. The molecule has 3 atom stereocenters. The number of amides is 1. The summed E-state index contributed by atoms with van der Waals surface area (Å²) in [6, 6.07) is 14.3. The molecule has 0 aromatic heterocycles. The van der Waals surface area contributed by atoms with Crippen molar-refractivity contribution in [3.8, 4) is 0 Å². The first-order valence-electron chi connectivity index (χ1n) is 9.00. The number of benzene rings is 2. The highest BCUT2D eigenvalue weighted by Gasteiger charge is 2.40. The molecule has 0 unspecified atom stereocenters. The van der Waals surface area contributed by atoms with Gasteiger partial charge in [0, 0.05) is 11.6 Å². The predicted molar refractivity (Wildman–Crippen MR) is 97.8 cm³/mol. The lowest BCUT2D eigenvalue weighted by molar-refractivity contribution is -0.120. The molecular weight excluding hydrogens is 296 g/mol. The number of hydrazone groups is 1. The minimum absolute atomic E-state index is 0.0335. The lowest BCUT2D eigenvalue weighted by atomic mass is 9.86. The van der Waals surface area contributed by atoms with Crippen LogP contribution >= 0.6 is 0 Å². The van der Waals surface area contributed by atoms with Crippen molar-refractivity contribution in [3.05, 3.63) is 48.0 Å². The van der Waals surface area contributed by atoms with E-state index in [1.165, 1.54) is 31.1 Å². The minimum atomic E-state index is -0.0335. The second-order valence-corrected chi connectivity index (χ2v) is 7.38. The number of rotatable bonds is 4. The van der Waals surface area contributed by atoms with E-state index in [9.17, 15) is 4.79 Å². The zero-order valence-corrected chi connectivity index (χ0v) is 14.2. The number of nitrogens with zero attached hydrogens (tertiary/aromatic N) is 1. The summed E-state index contributed by atoms with van der Waals surface area (Å²) in [6.07, 6.45) is 5.73. The summed E-state index contributed by atoms with van der Waals surface area (Å²) in [5.41, 5.74) is 4.94. The van der Waals surface area contributed by atoms with E-state index in [1.807, 2.05) is 24.3 Å². The number of carbonyl (C=O) groups is 1. The van der Waals surface area contributed by atoms with Gasteiger partial charge in [0.2, 0.25) is 5.91 Å². The second-order valence-electron chi connectivity index (χ2n) is 7.38. The van der Waals surface area contributed by atoms with E-state index in [1.54, 1.807) is 0 Å². The maximum absolute atomic E-state index is 12.3. The fraction of sp³-hybridized carbons (Fsp3) is 0.429. The fourth-order valence-corrected chi connectivity index (χ4v) is 4.65. The maximum atomic E-state index is 12.3. The summed E-state index contributed by atoms with van der Waals surface area (Å²) in [5, 5.41) is 6.73. The molecule has 1 N–H and O–H groups in total. The molecule has 2 bridgehead atoms. The van der Waals surface area contributed by atoms with Gasteiger partial charge in [-0.1, -0.05) is 48.9 Å². The Hall–Kier alpha value is -2.16. The monoisotopic (exact) mass is 320 g/mol. The van der Waals surface area contributed by atoms with Crippen LogP contribution in [0.4, 0.5) is 0 Å². The van der Waals surface area contributed by atoms with Crippen LogP contribution in [0.1, 0.15) is 38.2 Å². The molecule has 2 aliphatic rings. The normalized spacial score (nSPS) is 26.0. The van der Waals surface area contributed by atoms with Gasteiger partial charge in [-0.2, -0.15) is 5.10 Å². The van der Waals surface area contributed by atoms with Crippen LogP contribution in [0.2, 0.25) is 0 Å². The molecule has 2 aromatic carbocycles. The van der Waals surface area contributed by atoms with Gasteiger partial charge in [0.05, 0.1) is 6.42 Å². The van der Waals surface area contributed by atoms with Gasteiger partial charge in [-0.15, -0.1) is 0 Å². The first-order valence-corrected chi connectivity index (χ1v) is 9.00. The minimum Gasteiger partial charge on any atom is -0.273 e. The summed E-state index contributed by atoms with van der Waals surface area (Å²) in [6.45, 7) is 2.07. The van der Waals surface area contributed by atoms with Crippen molar-refractivity contribution in [2.75, 3.05) is 0 Å². The van der Waals surface area contributed by atoms with Gasteiger partial charge in [0.15, 0.2) is 0 Å². The number of fused-ring (bicyclic) bond motifs is 3. The molecule has 2 aromatic rings. The van der Waals surface area contributed by atoms with Crippen molar-refractivity contribution >= 4 is 22.4 Å². The molecule has 3 nitrogen and oxygen atoms in total. The van der Waals surface area contributed by atoms with Crippen LogP contribution in [-0.2, 0) is 11.2 Å². The van der Waals surface area contributed by atoms with Crippen LogP contribution in [-0.4, -0.2) is 11.6 Å². The topological polar surface area (TPSA) is 41.5 Å². The van der Waals surface area contributed by atoms with Gasteiger partial charge in [0.25, 0.3) is 0 Å². The van der Waals surface area contributed by atoms with Gasteiger partial charge in [-0.3, -0.25) is 4.79 Å². The van der Waals surface area contributed by atoms with Crippen molar-refractivity contribution in [3.63, 3.8) is 0 Å². The van der Waals surface area contributed by atoms with Crippen LogP contribution < -0.4 is 5.43 Å². The Bertz CT molecular complexity index is 790.